The predicted octanol–water partition coefficient (Wildman–Crippen LogP) is 2.26. The Kier molecular flexibility index (Phi) is 1.62. The lowest BCUT2D eigenvalue weighted by molar-refractivity contribution is 0.591. The molecule has 2 aromatic rings. The molecule has 0 amide bonds. The third-order valence-electron chi connectivity index (χ3n) is 2.19. The molecule has 0 fully saturated rings. The van der Waals surface area contributed by atoms with E-state index in [1.807, 2.05) is 6.07 Å². The fraction of sp³-hybridized carbons (Fsp3) is 0.400. The van der Waals surface area contributed by atoms with Crippen LogP contribution in [0.25, 0.3) is 11.0 Å². The summed E-state index contributed by atoms with van der Waals surface area (Å²) in [5, 5.41) is 10.6. The van der Waals surface area contributed by atoms with Gasteiger partial charge in [0.1, 0.15) is 5.52 Å². The molecule has 0 radical (unpaired) electrons. The van der Waals surface area contributed by atoms with Crippen molar-refractivity contribution in [2.75, 3.05) is 0 Å². The van der Waals surface area contributed by atoms with Gasteiger partial charge >= 0.3 is 0 Å². The smallest absolute Gasteiger partial charge is 0.112 e. The lowest BCUT2D eigenvalue weighted by Crippen LogP contribution is -2.10. The van der Waals surface area contributed by atoms with Crippen LogP contribution in [0.5, 0.6) is 0 Å². The highest BCUT2D eigenvalue weighted by atomic mass is 15.3. The summed E-state index contributed by atoms with van der Waals surface area (Å²) >= 11 is 0. The van der Waals surface area contributed by atoms with Crippen LogP contribution in [-0.2, 0) is 5.41 Å². The highest BCUT2D eigenvalue weighted by molar-refractivity contribution is 5.74. The van der Waals surface area contributed by atoms with Crippen LogP contribution in [0.15, 0.2) is 18.2 Å². The van der Waals surface area contributed by atoms with E-state index < -0.39 is 0 Å². The summed E-state index contributed by atoms with van der Waals surface area (Å²) in [7, 11) is 0. The lowest BCUT2D eigenvalue weighted by atomic mass is 9.87. The number of H-pyrrole nitrogens is 1. The van der Waals surface area contributed by atoms with E-state index in [1.165, 1.54) is 5.56 Å². The van der Waals surface area contributed by atoms with Crippen molar-refractivity contribution in [1.82, 2.24) is 15.4 Å². The van der Waals surface area contributed by atoms with Crippen LogP contribution < -0.4 is 0 Å². The summed E-state index contributed by atoms with van der Waals surface area (Å²) in [6.45, 7) is 6.58. The summed E-state index contributed by atoms with van der Waals surface area (Å²) in [5.74, 6) is 0. The molecule has 0 spiro atoms. The van der Waals surface area contributed by atoms with E-state index in [0.29, 0.717) is 0 Å². The summed E-state index contributed by atoms with van der Waals surface area (Å²) in [6, 6.07) is 6.21. The van der Waals surface area contributed by atoms with Gasteiger partial charge in [-0.3, -0.25) is 5.10 Å². The van der Waals surface area contributed by atoms with E-state index in [-0.39, 0.29) is 5.41 Å². The van der Waals surface area contributed by atoms with Crippen LogP contribution >= 0.6 is 0 Å². The van der Waals surface area contributed by atoms with Crippen molar-refractivity contribution in [3.8, 4) is 0 Å². The molecule has 0 unspecified atom stereocenters. The van der Waals surface area contributed by atoms with Crippen LogP contribution in [0.3, 0.4) is 0 Å². The second-order valence-corrected chi connectivity index (χ2v) is 4.29. The number of rotatable bonds is 0. The molecule has 0 saturated carbocycles. The molecule has 2 rings (SSSR count). The van der Waals surface area contributed by atoms with Gasteiger partial charge in [0.2, 0.25) is 0 Å². The quantitative estimate of drug-likeness (QED) is 0.667. The van der Waals surface area contributed by atoms with E-state index in [4.69, 9.17) is 0 Å². The number of nitrogens with one attached hydrogen (secondary N) is 1. The van der Waals surface area contributed by atoms with Crippen LogP contribution in [-0.4, -0.2) is 15.4 Å². The molecule has 0 aliphatic heterocycles. The Morgan fingerprint density at radius 3 is 2.69 bits per heavy atom. The van der Waals surface area contributed by atoms with Crippen molar-refractivity contribution in [3.05, 3.63) is 23.8 Å². The molecule has 0 aliphatic carbocycles. The van der Waals surface area contributed by atoms with Crippen molar-refractivity contribution in [2.45, 2.75) is 26.2 Å². The Balaban J connectivity index is 2.61. The largest absolute Gasteiger partial charge is 0.258 e. The first-order valence-electron chi connectivity index (χ1n) is 4.39. The van der Waals surface area contributed by atoms with Crippen LogP contribution in [0.2, 0.25) is 0 Å². The second-order valence-electron chi connectivity index (χ2n) is 4.29. The maximum absolute atomic E-state index is 3.94. The lowest BCUT2D eigenvalue weighted by Gasteiger charge is -2.18. The molecule has 1 heterocycles. The van der Waals surface area contributed by atoms with Crippen molar-refractivity contribution in [2.24, 2.45) is 0 Å². The van der Waals surface area contributed by atoms with E-state index in [9.17, 15) is 0 Å². The summed E-state index contributed by atoms with van der Waals surface area (Å²) < 4.78 is 0. The Morgan fingerprint density at radius 1 is 1.23 bits per heavy atom. The third-order valence-corrected chi connectivity index (χ3v) is 2.19. The Bertz CT molecular complexity index is 423. The minimum absolute atomic E-state index is 0.180. The van der Waals surface area contributed by atoms with Gasteiger partial charge in [0.15, 0.2) is 0 Å². The Morgan fingerprint density at radius 2 is 2.00 bits per heavy atom. The molecule has 1 aromatic heterocycles. The summed E-state index contributed by atoms with van der Waals surface area (Å²) in [6.07, 6.45) is 0. The monoisotopic (exact) mass is 175 g/mol. The molecule has 3 nitrogen and oxygen atoms in total. The topological polar surface area (TPSA) is 41.6 Å². The van der Waals surface area contributed by atoms with Gasteiger partial charge in [-0.1, -0.05) is 32.1 Å². The molecule has 0 aliphatic rings. The fourth-order valence-corrected chi connectivity index (χ4v) is 1.31. The first-order valence-corrected chi connectivity index (χ1v) is 4.39. The third kappa shape index (κ3) is 1.41. The maximum atomic E-state index is 3.94. The molecule has 1 aromatic carbocycles. The highest BCUT2D eigenvalue weighted by Crippen LogP contribution is 2.24. The van der Waals surface area contributed by atoms with Gasteiger partial charge in [-0.2, -0.15) is 0 Å². The molecule has 3 heteroatoms. The number of fused-ring (bicyclic) bond motifs is 1. The normalized spacial score (nSPS) is 12.2. The Hall–Kier alpha value is -1.38. The maximum Gasteiger partial charge on any atom is 0.112 e. The zero-order valence-electron chi connectivity index (χ0n) is 8.13. The molecule has 68 valence electrons. The Labute approximate surface area is 77.2 Å². The number of aromatic amines is 1. The van der Waals surface area contributed by atoms with E-state index in [2.05, 4.69) is 48.3 Å². The SMILES string of the molecule is CC(C)(C)c1ccc2nn[nH]c2c1. The molecule has 1 N–H and O–H groups in total. The molecular weight excluding hydrogens is 162 g/mol. The van der Waals surface area contributed by atoms with Crippen molar-refractivity contribution >= 4 is 11.0 Å². The number of benzene rings is 1. The van der Waals surface area contributed by atoms with E-state index in [0.717, 1.165) is 11.0 Å². The average molecular weight is 175 g/mol. The van der Waals surface area contributed by atoms with Crippen molar-refractivity contribution < 1.29 is 0 Å². The predicted molar refractivity (Wildman–Crippen MR) is 52.6 cm³/mol. The van der Waals surface area contributed by atoms with Crippen LogP contribution in [0.1, 0.15) is 26.3 Å². The van der Waals surface area contributed by atoms with Gasteiger partial charge in [-0.05, 0) is 23.1 Å². The van der Waals surface area contributed by atoms with Crippen molar-refractivity contribution in [1.29, 1.82) is 0 Å². The average Bonchev–Trinajstić information content (AvgIpc) is 2.47. The zero-order valence-corrected chi connectivity index (χ0v) is 8.13. The first kappa shape index (κ1) is 8.23. The molecular formula is C10H13N3. The second kappa shape index (κ2) is 2.55. The molecule has 0 saturated heterocycles. The van der Waals surface area contributed by atoms with Gasteiger partial charge in [-0.25, -0.2) is 0 Å². The zero-order chi connectivity index (χ0) is 9.47. The highest BCUT2D eigenvalue weighted by Gasteiger charge is 2.14. The fourth-order valence-electron chi connectivity index (χ4n) is 1.31. The first-order chi connectivity index (χ1) is 6.07. The van der Waals surface area contributed by atoms with Gasteiger partial charge in [0, 0.05) is 0 Å². The minimum Gasteiger partial charge on any atom is -0.258 e. The van der Waals surface area contributed by atoms with Gasteiger partial charge in [0.05, 0.1) is 5.52 Å². The van der Waals surface area contributed by atoms with E-state index in [1.54, 1.807) is 0 Å². The standard InChI is InChI=1S/C10H13N3/c1-10(2,3)7-4-5-8-9(6-7)12-13-11-8/h4-6H,1-3H3,(H,11,12,13). The number of hydrogen-bond acceptors (Lipinski definition) is 2. The number of hydrogen-bond donors (Lipinski definition) is 1. The number of aromatic nitrogens is 3. The molecule has 0 atom stereocenters. The minimum atomic E-state index is 0.180. The number of nitrogens with zero attached hydrogens (tertiary/aromatic N) is 2. The van der Waals surface area contributed by atoms with Crippen LogP contribution in [0, 0.1) is 0 Å². The van der Waals surface area contributed by atoms with Gasteiger partial charge < -0.3 is 0 Å². The van der Waals surface area contributed by atoms with Gasteiger partial charge in [-0.15, -0.1) is 5.10 Å². The van der Waals surface area contributed by atoms with E-state index >= 15 is 0 Å². The van der Waals surface area contributed by atoms with Crippen molar-refractivity contribution in [3.63, 3.8) is 0 Å². The molecule has 13 heavy (non-hydrogen) atoms. The molecule has 0 bridgehead atoms. The van der Waals surface area contributed by atoms with Gasteiger partial charge in [0.25, 0.3) is 0 Å². The summed E-state index contributed by atoms with van der Waals surface area (Å²) in [5.41, 5.74) is 3.41. The van der Waals surface area contributed by atoms with Crippen LogP contribution in [0.4, 0.5) is 0 Å². The summed E-state index contributed by atoms with van der Waals surface area (Å²) in [4.78, 5) is 0.